The maximum absolute atomic E-state index is 12.3. The summed E-state index contributed by atoms with van der Waals surface area (Å²) in [7, 11) is 3.24. The predicted octanol–water partition coefficient (Wildman–Crippen LogP) is 3.07. The predicted molar refractivity (Wildman–Crippen MR) is 94.8 cm³/mol. The van der Waals surface area contributed by atoms with Crippen molar-refractivity contribution in [3.05, 3.63) is 33.0 Å². The highest BCUT2D eigenvalue weighted by atomic mass is 32.1. The molecule has 0 spiro atoms. The summed E-state index contributed by atoms with van der Waals surface area (Å²) >= 11 is 1.40. The Bertz CT molecular complexity index is 790. The van der Waals surface area contributed by atoms with Gasteiger partial charge in [-0.25, -0.2) is 4.79 Å². The molecule has 2 aromatic heterocycles. The van der Waals surface area contributed by atoms with Crippen LogP contribution in [0.1, 0.15) is 44.2 Å². The number of aryl methyl sites for hydroxylation is 3. The first-order valence-electron chi connectivity index (χ1n) is 7.73. The van der Waals surface area contributed by atoms with E-state index in [9.17, 15) is 9.59 Å². The molecule has 0 aliphatic rings. The van der Waals surface area contributed by atoms with Crippen molar-refractivity contribution in [1.82, 2.24) is 9.78 Å². The Kier molecular flexibility index (Phi) is 5.43. The van der Waals surface area contributed by atoms with Gasteiger partial charge < -0.3 is 10.1 Å². The second kappa shape index (κ2) is 7.17. The lowest BCUT2D eigenvalue weighted by atomic mass is 10.1. The minimum absolute atomic E-state index is 0.121. The van der Waals surface area contributed by atoms with E-state index < -0.39 is 5.97 Å². The van der Waals surface area contributed by atoms with E-state index >= 15 is 0 Å². The van der Waals surface area contributed by atoms with Gasteiger partial charge in [0.25, 0.3) is 0 Å². The van der Waals surface area contributed by atoms with E-state index in [4.69, 9.17) is 4.74 Å². The Hall–Kier alpha value is -2.15. The second-order valence-corrected chi connectivity index (χ2v) is 7.02. The summed E-state index contributed by atoms with van der Waals surface area (Å²) in [6.45, 7) is 7.72. The maximum Gasteiger partial charge on any atom is 0.341 e. The lowest BCUT2D eigenvalue weighted by Crippen LogP contribution is -2.15. The van der Waals surface area contributed by atoms with Crippen molar-refractivity contribution < 1.29 is 14.3 Å². The molecule has 0 radical (unpaired) electrons. The van der Waals surface area contributed by atoms with Gasteiger partial charge in [0.15, 0.2) is 0 Å². The molecule has 130 valence electrons. The topological polar surface area (TPSA) is 73.2 Å². The quantitative estimate of drug-likeness (QED) is 0.842. The van der Waals surface area contributed by atoms with Crippen molar-refractivity contribution in [2.75, 3.05) is 12.4 Å². The van der Waals surface area contributed by atoms with Crippen LogP contribution >= 0.6 is 11.3 Å². The van der Waals surface area contributed by atoms with E-state index in [0.717, 1.165) is 27.4 Å². The van der Waals surface area contributed by atoms with Crippen molar-refractivity contribution in [1.29, 1.82) is 0 Å². The zero-order valence-corrected chi connectivity index (χ0v) is 15.8. The van der Waals surface area contributed by atoms with Gasteiger partial charge in [-0.2, -0.15) is 5.10 Å². The number of hydrogen-bond donors (Lipinski definition) is 1. The van der Waals surface area contributed by atoms with Gasteiger partial charge in [0.05, 0.1) is 18.4 Å². The van der Waals surface area contributed by atoms with E-state index in [-0.39, 0.29) is 5.91 Å². The number of amides is 1. The molecule has 24 heavy (non-hydrogen) atoms. The summed E-state index contributed by atoms with van der Waals surface area (Å²) in [4.78, 5) is 25.2. The molecule has 0 bridgehead atoms. The summed E-state index contributed by atoms with van der Waals surface area (Å²) in [6, 6.07) is 0. The lowest BCUT2D eigenvalue weighted by Gasteiger charge is -2.06. The molecule has 7 heteroatoms. The summed E-state index contributed by atoms with van der Waals surface area (Å²) in [5, 5.41) is 7.77. The van der Waals surface area contributed by atoms with Gasteiger partial charge in [0.1, 0.15) is 5.00 Å². The summed E-state index contributed by atoms with van der Waals surface area (Å²) in [5.74, 6) is -0.546. The van der Waals surface area contributed by atoms with Gasteiger partial charge in [0, 0.05) is 24.0 Å². The van der Waals surface area contributed by atoms with Crippen molar-refractivity contribution in [3.8, 4) is 0 Å². The molecule has 6 nitrogen and oxygen atoms in total. The van der Waals surface area contributed by atoms with Gasteiger partial charge in [-0.05, 0) is 45.2 Å². The third-order valence-electron chi connectivity index (χ3n) is 4.29. The Morgan fingerprint density at radius 1 is 1.25 bits per heavy atom. The van der Waals surface area contributed by atoms with Gasteiger partial charge in [-0.15, -0.1) is 11.3 Å². The smallest absolute Gasteiger partial charge is 0.341 e. The van der Waals surface area contributed by atoms with E-state index in [1.165, 1.54) is 18.4 Å². The maximum atomic E-state index is 12.3. The molecule has 2 rings (SSSR count). The first-order valence-corrected chi connectivity index (χ1v) is 8.55. The highest BCUT2D eigenvalue weighted by Gasteiger charge is 2.21. The molecule has 1 amide bonds. The molecule has 0 unspecified atom stereocenters. The molecule has 2 aromatic rings. The molecule has 0 saturated heterocycles. The molecule has 2 heterocycles. The first-order chi connectivity index (χ1) is 11.3. The summed E-state index contributed by atoms with van der Waals surface area (Å²) < 4.78 is 6.64. The number of thiophene rings is 1. The minimum atomic E-state index is -0.425. The van der Waals surface area contributed by atoms with Gasteiger partial charge >= 0.3 is 5.97 Å². The number of nitrogens with zero attached hydrogens (tertiary/aromatic N) is 2. The molecular formula is C17H23N3O3S. The van der Waals surface area contributed by atoms with Crippen molar-refractivity contribution in [3.63, 3.8) is 0 Å². The molecular weight excluding hydrogens is 326 g/mol. The lowest BCUT2D eigenvalue weighted by molar-refractivity contribution is -0.116. The third kappa shape index (κ3) is 3.51. The number of rotatable bonds is 5. The summed E-state index contributed by atoms with van der Waals surface area (Å²) in [5.41, 5.74) is 4.40. The number of aromatic nitrogens is 2. The number of esters is 1. The van der Waals surface area contributed by atoms with Crippen LogP contribution in [0.5, 0.6) is 0 Å². The van der Waals surface area contributed by atoms with Crippen LogP contribution < -0.4 is 5.32 Å². The molecule has 0 aromatic carbocycles. The fourth-order valence-corrected chi connectivity index (χ4v) is 3.73. The molecule has 0 fully saturated rings. The van der Waals surface area contributed by atoms with Crippen LogP contribution in [-0.4, -0.2) is 28.8 Å². The highest BCUT2D eigenvalue weighted by Crippen LogP contribution is 2.33. The first kappa shape index (κ1) is 18.2. The van der Waals surface area contributed by atoms with Crippen LogP contribution in [0, 0.1) is 27.7 Å². The van der Waals surface area contributed by atoms with Crippen LogP contribution in [0.2, 0.25) is 0 Å². The standard InChI is InChI=1S/C17H23N3O3S/c1-9-12(4)24-16(15(9)17(22)23-6)18-14(21)8-7-13-10(2)19-20(5)11(13)3/h7-8H2,1-6H3,(H,18,21). The van der Waals surface area contributed by atoms with Gasteiger partial charge in [-0.1, -0.05) is 0 Å². The van der Waals surface area contributed by atoms with Gasteiger partial charge in [0.2, 0.25) is 5.91 Å². The Morgan fingerprint density at radius 3 is 2.46 bits per heavy atom. The number of carbonyl (C=O) groups is 2. The number of ether oxygens (including phenoxy) is 1. The summed E-state index contributed by atoms with van der Waals surface area (Å²) in [6.07, 6.45) is 0.957. The third-order valence-corrected chi connectivity index (χ3v) is 5.41. The Labute approximate surface area is 145 Å². The van der Waals surface area contributed by atoms with Crippen LogP contribution in [0.15, 0.2) is 0 Å². The SMILES string of the molecule is COC(=O)c1c(NC(=O)CCc2c(C)nn(C)c2C)sc(C)c1C. The zero-order valence-electron chi connectivity index (χ0n) is 14.9. The molecule has 0 atom stereocenters. The minimum Gasteiger partial charge on any atom is -0.465 e. The van der Waals surface area contributed by atoms with E-state index in [2.05, 4.69) is 10.4 Å². The molecule has 0 aliphatic heterocycles. The van der Waals surface area contributed by atoms with E-state index in [1.807, 2.05) is 39.4 Å². The normalized spacial score (nSPS) is 10.8. The fraction of sp³-hybridized carbons (Fsp3) is 0.471. The van der Waals surface area contributed by atoms with Crippen molar-refractivity contribution in [2.24, 2.45) is 7.05 Å². The number of carbonyl (C=O) groups excluding carboxylic acids is 2. The number of nitrogens with one attached hydrogen (secondary N) is 1. The Morgan fingerprint density at radius 2 is 1.92 bits per heavy atom. The monoisotopic (exact) mass is 349 g/mol. The van der Waals surface area contributed by atoms with Gasteiger partial charge in [-0.3, -0.25) is 9.48 Å². The zero-order chi connectivity index (χ0) is 18.0. The molecule has 1 N–H and O–H groups in total. The van der Waals surface area contributed by atoms with E-state index in [0.29, 0.717) is 23.4 Å². The molecule has 0 aliphatic carbocycles. The Balaban J connectivity index is 2.10. The molecule has 0 saturated carbocycles. The number of hydrogen-bond acceptors (Lipinski definition) is 5. The number of anilines is 1. The average Bonchev–Trinajstić information content (AvgIpc) is 2.93. The van der Waals surface area contributed by atoms with Crippen molar-refractivity contribution in [2.45, 2.75) is 40.5 Å². The number of methoxy groups -OCH3 is 1. The van der Waals surface area contributed by atoms with E-state index in [1.54, 1.807) is 0 Å². The average molecular weight is 349 g/mol. The second-order valence-electron chi connectivity index (χ2n) is 5.80. The largest absolute Gasteiger partial charge is 0.465 e. The highest BCUT2D eigenvalue weighted by molar-refractivity contribution is 7.16. The van der Waals surface area contributed by atoms with Crippen molar-refractivity contribution >= 4 is 28.2 Å². The van der Waals surface area contributed by atoms with Crippen LogP contribution in [0.25, 0.3) is 0 Å². The van der Waals surface area contributed by atoms with Crippen LogP contribution in [0.3, 0.4) is 0 Å². The van der Waals surface area contributed by atoms with Crippen LogP contribution in [-0.2, 0) is 23.0 Å². The fourth-order valence-electron chi connectivity index (χ4n) is 2.67. The van der Waals surface area contributed by atoms with Crippen LogP contribution in [0.4, 0.5) is 5.00 Å².